The number of piperidine rings is 1. The van der Waals surface area contributed by atoms with E-state index in [1.54, 1.807) is 12.1 Å². The summed E-state index contributed by atoms with van der Waals surface area (Å²) in [7, 11) is 1.53. The Kier molecular flexibility index (Phi) is 6.83. The number of nitrogens with two attached hydrogens (primary N) is 1. The predicted octanol–water partition coefficient (Wildman–Crippen LogP) is 4.14. The lowest BCUT2D eigenvalue weighted by atomic mass is 9.96. The summed E-state index contributed by atoms with van der Waals surface area (Å²) in [6, 6.07) is 12.5. The summed E-state index contributed by atoms with van der Waals surface area (Å²) >= 11 is 1.26. The minimum atomic E-state index is -0.355. The normalized spacial score (nSPS) is 15.2. The van der Waals surface area contributed by atoms with Crippen LogP contribution in [0.5, 0.6) is 0 Å². The van der Waals surface area contributed by atoms with Gasteiger partial charge < -0.3 is 15.8 Å². The van der Waals surface area contributed by atoms with Gasteiger partial charge in [-0.15, -0.1) is 11.3 Å². The number of rotatable bonds is 7. The lowest BCUT2D eigenvalue weighted by Gasteiger charge is -2.30. The molecule has 4 rings (SSSR count). The number of thiophene rings is 1. The number of nitrogens with zero attached hydrogens (tertiary/aromatic N) is 1. The van der Waals surface area contributed by atoms with Crippen LogP contribution in [0, 0.1) is 11.7 Å². The zero-order valence-electron chi connectivity index (χ0n) is 17.9. The molecule has 3 N–H and O–H groups in total. The molecule has 0 bridgehead atoms. The molecular weight excluding hydrogens is 429 g/mol. The maximum absolute atomic E-state index is 14.4. The minimum absolute atomic E-state index is 0.0377. The summed E-state index contributed by atoms with van der Waals surface area (Å²) in [6.45, 7) is 2.53. The Morgan fingerprint density at radius 3 is 2.69 bits per heavy atom. The summed E-state index contributed by atoms with van der Waals surface area (Å²) in [5, 5.41) is 3.39. The van der Waals surface area contributed by atoms with Gasteiger partial charge in [-0.25, -0.2) is 4.39 Å². The third-order valence-electron chi connectivity index (χ3n) is 5.84. The molecule has 1 aliphatic rings. The number of benzene rings is 2. The van der Waals surface area contributed by atoms with Crippen LogP contribution < -0.4 is 11.1 Å². The molecule has 1 aromatic heterocycles. The summed E-state index contributed by atoms with van der Waals surface area (Å²) in [5.41, 5.74) is 7.73. The molecule has 1 fully saturated rings. The molecule has 0 spiro atoms. The van der Waals surface area contributed by atoms with E-state index in [0.717, 1.165) is 42.7 Å². The van der Waals surface area contributed by atoms with Crippen LogP contribution in [0.2, 0.25) is 0 Å². The molecule has 8 heteroatoms. The van der Waals surface area contributed by atoms with Gasteiger partial charge in [-0.2, -0.15) is 0 Å². The highest BCUT2D eigenvalue weighted by molar-refractivity contribution is 7.21. The van der Waals surface area contributed by atoms with E-state index < -0.39 is 0 Å². The van der Waals surface area contributed by atoms with E-state index in [1.165, 1.54) is 24.5 Å². The van der Waals surface area contributed by atoms with Gasteiger partial charge in [0.1, 0.15) is 5.82 Å². The molecule has 1 saturated heterocycles. The van der Waals surface area contributed by atoms with Crippen molar-refractivity contribution in [3.05, 3.63) is 64.3 Å². The van der Waals surface area contributed by atoms with Crippen LogP contribution in [0.25, 0.3) is 10.1 Å². The number of carbonyl (C=O) groups excluding carboxylic acids is 2. The maximum atomic E-state index is 14.4. The molecule has 2 aromatic carbocycles. The van der Waals surface area contributed by atoms with Crippen LogP contribution in [0.4, 0.5) is 10.1 Å². The van der Waals surface area contributed by atoms with Crippen molar-refractivity contribution in [1.29, 1.82) is 0 Å². The summed E-state index contributed by atoms with van der Waals surface area (Å²) in [5.74, 6) is -0.892. The second-order valence-corrected chi connectivity index (χ2v) is 9.12. The molecule has 0 atom stereocenters. The number of hydrogen-bond acceptors (Lipinski definition) is 5. The van der Waals surface area contributed by atoms with Crippen molar-refractivity contribution >= 4 is 38.9 Å². The van der Waals surface area contributed by atoms with Gasteiger partial charge >= 0.3 is 0 Å². The number of hydrogen-bond donors (Lipinski definition) is 2. The van der Waals surface area contributed by atoms with Crippen molar-refractivity contribution < 1.29 is 18.7 Å². The highest BCUT2D eigenvalue weighted by Gasteiger charge is 2.23. The van der Waals surface area contributed by atoms with Crippen molar-refractivity contribution in [2.24, 2.45) is 11.7 Å². The molecule has 168 valence electrons. The molecule has 32 heavy (non-hydrogen) atoms. The van der Waals surface area contributed by atoms with Gasteiger partial charge in [0.25, 0.3) is 5.91 Å². The number of ether oxygens (including phenoxy) is 1. The first-order chi connectivity index (χ1) is 15.5. The summed E-state index contributed by atoms with van der Waals surface area (Å²) in [6.07, 6.45) is 1.55. The van der Waals surface area contributed by atoms with E-state index in [0.29, 0.717) is 21.5 Å². The number of amides is 2. The first kappa shape index (κ1) is 22.4. The largest absolute Gasteiger partial charge is 0.380 e. The standard InChI is InChI=1S/C24H26FN3O3S/c1-31-14-18-21-19(25)6-3-7-20(21)32-22(18)24(30)27-17-5-2-4-15(12-17)13-28-10-8-16(9-11-28)23(26)29/h2-7,12,16H,8-11,13-14H2,1H3,(H2,26,29)(H,27,30). The predicted molar refractivity (Wildman–Crippen MR) is 124 cm³/mol. The lowest BCUT2D eigenvalue weighted by molar-refractivity contribution is -0.123. The molecule has 0 radical (unpaired) electrons. The Morgan fingerprint density at radius 2 is 1.97 bits per heavy atom. The number of anilines is 1. The van der Waals surface area contributed by atoms with E-state index in [-0.39, 0.29) is 30.2 Å². The fourth-order valence-electron chi connectivity index (χ4n) is 4.20. The van der Waals surface area contributed by atoms with Gasteiger partial charge in [0, 0.05) is 40.9 Å². The number of fused-ring (bicyclic) bond motifs is 1. The van der Waals surface area contributed by atoms with Gasteiger partial charge in [0.2, 0.25) is 5.91 Å². The van der Waals surface area contributed by atoms with E-state index in [4.69, 9.17) is 10.5 Å². The van der Waals surface area contributed by atoms with E-state index >= 15 is 0 Å². The zero-order chi connectivity index (χ0) is 22.7. The lowest BCUT2D eigenvalue weighted by Crippen LogP contribution is -2.38. The Hall–Kier alpha value is -2.81. The van der Waals surface area contributed by atoms with Gasteiger partial charge in [-0.1, -0.05) is 18.2 Å². The highest BCUT2D eigenvalue weighted by atomic mass is 32.1. The van der Waals surface area contributed by atoms with Crippen LogP contribution >= 0.6 is 11.3 Å². The zero-order valence-corrected chi connectivity index (χ0v) is 18.7. The fourth-order valence-corrected chi connectivity index (χ4v) is 5.32. The SMILES string of the molecule is COCc1c(C(=O)Nc2cccc(CN3CCC(C(N)=O)CC3)c2)sc2cccc(F)c12. The van der Waals surface area contributed by atoms with Crippen LogP contribution in [-0.2, 0) is 22.7 Å². The van der Waals surface area contributed by atoms with Crippen LogP contribution in [0.3, 0.4) is 0 Å². The number of primary amides is 1. The first-order valence-electron chi connectivity index (χ1n) is 10.6. The quantitative estimate of drug-likeness (QED) is 0.561. The van der Waals surface area contributed by atoms with E-state index in [2.05, 4.69) is 10.2 Å². The molecule has 0 saturated carbocycles. The second kappa shape index (κ2) is 9.77. The smallest absolute Gasteiger partial charge is 0.266 e. The van der Waals surface area contributed by atoms with Crippen molar-refractivity contribution in [3.63, 3.8) is 0 Å². The molecule has 2 heterocycles. The van der Waals surface area contributed by atoms with Crippen molar-refractivity contribution in [3.8, 4) is 0 Å². The molecule has 0 aliphatic carbocycles. The van der Waals surface area contributed by atoms with Crippen molar-refractivity contribution in [1.82, 2.24) is 4.90 Å². The van der Waals surface area contributed by atoms with E-state index in [1.807, 2.05) is 24.3 Å². The van der Waals surface area contributed by atoms with Gasteiger partial charge in [-0.05, 0) is 55.8 Å². The van der Waals surface area contributed by atoms with E-state index in [9.17, 15) is 14.0 Å². The number of likely N-dealkylation sites (tertiary alicyclic amines) is 1. The number of carbonyl (C=O) groups is 2. The van der Waals surface area contributed by atoms with Crippen LogP contribution in [0.15, 0.2) is 42.5 Å². The topological polar surface area (TPSA) is 84.7 Å². The summed E-state index contributed by atoms with van der Waals surface area (Å²) < 4.78 is 20.4. The Bertz CT molecular complexity index is 1140. The first-order valence-corrected chi connectivity index (χ1v) is 11.4. The van der Waals surface area contributed by atoms with Crippen molar-refractivity contribution in [2.75, 3.05) is 25.5 Å². The number of halogens is 1. The monoisotopic (exact) mass is 455 g/mol. The molecule has 2 amide bonds. The minimum Gasteiger partial charge on any atom is -0.380 e. The highest BCUT2D eigenvalue weighted by Crippen LogP contribution is 2.34. The summed E-state index contributed by atoms with van der Waals surface area (Å²) in [4.78, 5) is 27.2. The third-order valence-corrected chi connectivity index (χ3v) is 7.04. The average molecular weight is 456 g/mol. The number of nitrogens with one attached hydrogen (secondary N) is 1. The average Bonchev–Trinajstić information content (AvgIpc) is 3.15. The van der Waals surface area contributed by atoms with Gasteiger partial charge in [0.05, 0.1) is 11.5 Å². The molecule has 3 aromatic rings. The van der Waals surface area contributed by atoms with Gasteiger partial charge in [0.15, 0.2) is 0 Å². The second-order valence-electron chi connectivity index (χ2n) is 8.06. The molecular formula is C24H26FN3O3S. The maximum Gasteiger partial charge on any atom is 0.266 e. The molecule has 6 nitrogen and oxygen atoms in total. The Labute approximate surface area is 190 Å². The van der Waals surface area contributed by atoms with Crippen LogP contribution in [-0.4, -0.2) is 36.9 Å². The van der Waals surface area contributed by atoms with Crippen LogP contribution in [0.1, 0.15) is 33.6 Å². The molecule has 0 unspecified atom stereocenters. The fraction of sp³-hybridized carbons (Fsp3) is 0.333. The Balaban J connectivity index is 1.48. The van der Waals surface area contributed by atoms with Crippen molar-refractivity contribution in [2.45, 2.75) is 26.0 Å². The number of methoxy groups -OCH3 is 1. The Morgan fingerprint density at radius 1 is 1.22 bits per heavy atom. The molecule has 1 aliphatic heterocycles. The third kappa shape index (κ3) is 4.82. The van der Waals surface area contributed by atoms with Gasteiger partial charge in [-0.3, -0.25) is 14.5 Å².